The molecule has 1 N–H and O–H groups in total. The fraction of sp³-hybridized carbons (Fsp3) is 0.235. The lowest BCUT2D eigenvalue weighted by Crippen LogP contribution is -2.35. The Hall–Kier alpha value is -2.89. The maximum atomic E-state index is 12.2. The van der Waals surface area contributed by atoms with Crippen LogP contribution in [0.25, 0.3) is 0 Å². The molecule has 1 aliphatic heterocycles. The zero-order valence-electron chi connectivity index (χ0n) is 12.6. The molecule has 0 unspecified atom stereocenters. The molecule has 0 saturated heterocycles. The van der Waals surface area contributed by atoms with E-state index in [4.69, 9.17) is 4.42 Å². The van der Waals surface area contributed by atoms with E-state index in [2.05, 4.69) is 5.32 Å². The highest BCUT2D eigenvalue weighted by atomic mass is 16.3. The fourth-order valence-corrected chi connectivity index (χ4v) is 2.58. The van der Waals surface area contributed by atoms with Crippen LogP contribution in [-0.4, -0.2) is 29.2 Å². The van der Waals surface area contributed by atoms with Crippen molar-refractivity contribution >= 4 is 17.7 Å². The molecule has 0 fully saturated rings. The highest BCUT2D eigenvalue weighted by Gasteiger charge is 2.35. The normalized spacial score (nSPS) is 14.7. The molecule has 2 heterocycles. The number of carbonyl (C=O) groups excluding carboxylic acids is 3. The van der Waals surface area contributed by atoms with E-state index in [9.17, 15) is 14.4 Å². The molecule has 0 saturated carbocycles. The minimum atomic E-state index is -0.350. The van der Waals surface area contributed by atoms with Crippen LogP contribution in [0.3, 0.4) is 0 Å². The van der Waals surface area contributed by atoms with Crippen molar-refractivity contribution in [1.29, 1.82) is 0 Å². The monoisotopic (exact) mass is 312 g/mol. The van der Waals surface area contributed by atoms with Crippen molar-refractivity contribution in [3.63, 3.8) is 0 Å². The van der Waals surface area contributed by atoms with Crippen LogP contribution >= 0.6 is 0 Å². The summed E-state index contributed by atoms with van der Waals surface area (Å²) in [5.41, 5.74) is 0.781. The van der Waals surface area contributed by atoms with Crippen molar-refractivity contribution in [2.24, 2.45) is 0 Å². The molecule has 0 spiro atoms. The van der Waals surface area contributed by atoms with Crippen LogP contribution in [0.15, 0.2) is 47.1 Å². The van der Waals surface area contributed by atoms with Crippen LogP contribution in [0.5, 0.6) is 0 Å². The number of imide groups is 1. The van der Waals surface area contributed by atoms with Gasteiger partial charge in [0.1, 0.15) is 5.76 Å². The number of rotatable bonds is 5. The Morgan fingerprint density at radius 2 is 1.78 bits per heavy atom. The first kappa shape index (κ1) is 15.0. The zero-order valence-corrected chi connectivity index (χ0v) is 12.6. The van der Waals surface area contributed by atoms with E-state index in [0.717, 1.165) is 4.90 Å². The molecule has 1 aliphatic rings. The van der Waals surface area contributed by atoms with Gasteiger partial charge in [0.2, 0.25) is 5.91 Å². The molecule has 1 aromatic heterocycles. The molecule has 0 bridgehead atoms. The maximum Gasteiger partial charge on any atom is 0.261 e. The van der Waals surface area contributed by atoms with Gasteiger partial charge in [-0.05, 0) is 31.2 Å². The zero-order chi connectivity index (χ0) is 16.4. The molecule has 2 aromatic rings. The first-order chi connectivity index (χ1) is 11.1. The summed E-state index contributed by atoms with van der Waals surface area (Å²) in [6.45, 7) is 1.86. The smallest absolute Gasteiger partial charge is 0.261 e. The second-order valence-corrected chi connectivity index (χ2v) is 5.36. The molecule has 3 rings (SSSR count). The van der Waals surface area contributed by atoms with Gasteiger partial charge in [0, 0.05) is 13.0 Å². The number of fused-ring (bicyclic) bond motifs is 1. The Balaban J connectivity index is 1.58. The summed E-state index contributed by atoms with van der Waals surface area (Å²) in [6, 6.07) is 9.92. The second-order valence-electron chi connectivity index (χ2n) is 5.36. The Morgan fingerprint density at radius 3 is 2.35 bits per heavy atom. The SMILES string of the molecule is C[C@@H](NC(=O)CCN1C(=O)c2ccccc2C1=O)c1ccco1. The third-order valence-corrected chi connectivity index (χ3v) is 3.79. The molecular weight excluding hydrogens is 296 g/mol. The highest BCUT2D eigenvalue weighted by molar-refractivity contribution is 6.21. The summed E-state index contributed by atoms with van der Waals surface area (Å²) >= 11 is 0. The van der Waals surface area contributed by atoms with Gasteiger partial charge in [0.15, 0.2) is 0 Å². The number of carbonyl (C=O) groups is 3. The van der Waals surface area contributed by atoms with E-state index >= 15 is 0 Å². The van der Waals surface area contributed by atoms with Gasteiger partial charge in [-0.2, -0.15) is 0 Å². The number of amides is 3. The first-order valence-electron chi connectivity index (χ1n) is 7.36. The number of benzene rings is 1. The van der Waals surface area contributed by atoms with Gasteiger partial charge in [-0.1, -0.05) is 12.1 Å². The summed E-state index contributed by atoms with van der Waals surface area (Å²) in [7, 11) is 0. The fourth-order valence-electron chi connectivity index (χ4n) is 2.58. The Bertz CT molecular complexity index is 717. The summed E-state index contributed by atoms with van der Waals surface area (Å²) in [6.07, 6.45) is 1.59. The minimum Gasteiger partial charge on any atom is -0.467 e. The van der Waals surface area contributed by atoms with E-state index in [1.807, 2.05) is 0 Å². The average molecular weight is 312 g/mol. The molecule has 0 radical (unpaired) electrons. The lowest BCUT2D eigenvalue weighted by molar-refractivity contribution is -0.121. The van der Waals surface area contributed by atoms with Gasteiger partial charge in [0.05, 0.1) is 23.4 Å². The Morgan fingerprint density at radius 1 is 1.13 bits per heavy atom. The number of nitrogens with zero attached hydrogens (tertiary/aromatic N) is 1. The van der Waals surface area contributed by atoms with Gasteiger partial charge in [-0.15, -0.1) is 0 Å². The predicted octanol–water partition coefficient (Wildman–Crippen LogP) is 2.14. The van der Waals surface area contributed by atoms with Crippen molar-refractivity contribution in [1.82, 2.24) is 10.2 Å². The van der Waals surface area contributed by atoms with Gasteiger partial charge in [-0.25, -0.2) is 0 Å². The number of hydrogen-bond donors (Lipinski definition) is 1. The van der Waals surface area contributed by atoms with Crippen LogP contribution in [-0.2, 0) is 4.79 Å². The van der Waals surface area contributed by atoms with Crippen molar-refractivity contribution in [2.75, 3.05) is 6.54 Å². The number of nitrogens with one attached hydrogen (secondary N) is 1. The Kier molecular flexibility index (Phi) is 3.97. The van der Waals surface area contributed by atoms with Crippen molar-refractivity contribution in [3.8, 4) is 0 Å². The van der Waals surface area contributed by atoms with Crippen LogP contribution in [0.2, 0.25) is 0 Å². The predicted molar refractivity (Wildman–Crippen MR) is 81.7 cm³/mol. The highest BCUT2D eigenvalue weighted by Crippen LogP contribution is 2.22. The van der Waals surface area contributed by atoms with Gasteiger partial charge in [0.25, 0.3) is 11.8 Å². The van der Waals surface area contributed by atoms with E-state index in [1.165, 1.54) is 6.26 Å². The molecule has 23 heavy (non-hydrogen) atoms. The maximum absolute atomic E-state index is 12.2. The average Bonchev–Trinajstić information content (AvgIpc) is 3.15. The largest absolute Gasteiger partial charge is 0.467 e. The molecule has 1 aromatic carbocycles. The lowest BCUT2D eigenvalue weighted by Gasteiger charge is -2.15. The van der Waals surface area contributed by atoms with Crippen LogP contribution in [0.4, 0.5) is 0 Å². The van der Waals surface area contributed by atoms with Crippen LogP contribution < -0.4 is 5.32 Å². The molecule has 6 heteroatoms. The quantitative estimate of drug-likeness (QED) is 0.858. The van der Waals surface area contributed by atoms with Crippen molar-refractivity contribution in [3.05, 3.63) is 59.5 Å². The van der Waals surface area contributed by atoms with Gasteiger partial charge >= 0.3 is 0 Å². The van der Waals surface area contributed by atoms with Crippen LogP contribution in [0, 0.1) is 0 Å². The summed E-state index contributed by atoms with van der Waals surface area (Å²) in [4.78, 5) is 37.5. The molecule has 6 nitrogen and oxygen atoms in total. The standard InChI is InChI=1S/C17H16N2O4/c1-11(14-7-4-10-23-14)18-15(20)8-9-19-16(21)12-5-2-3-6-13(12)17(19)22/h2-7,10-11H,8-9H2,1H3,(H,18,20)/t11-/m1/s1. The van der Waals surface area contributed by atoms with Gasteiger partial charge in [-0.3, -0.25) is 19.3 Å². The topological polar surface area (TPSA) is 79.6 Å². The number of hydrogen-bond acceptors (Lipinski definition) is 4. The second kappa shape index (κ2) is 6.08. The lowest BCUT2D eigenvalue weighted by atomic mass is 10.1. The molecule has 3 amide bonds. The summed E-state index contributed by atoms with van der Waals surface area (Å²) in [5, 5.41) is 2.78. The van der Waals surface area contributed by atoms with Crippen molar-refractivity contribution in [2.45, 2.75) is 19.4 Å². The van der Waals surface area contributed by atoms with E-state index < -0.39 is 0 Å². The third-order valence-electron chi connectivity index (χ3n) is 3.79. The van der Waals surface area contributed by atoms with Crippen LogP contribution in [0.1, 0.15) is 45.9 Å². The van der Waals surface area contributed by atoms with E-state index in [-0.39, 0.29) is 36.7 Å². The molecule has 1 atom stereocenters. The van der Waals surface area contributed by atoms with Crippen molar-refractivity contribution < 1.29 is 18.8 Å². The van der Waals surface area contributed by atoms with E-state index in [0.29, 0.717) is 16.9 Å². The molecule has 0 aliphatic carbocycles. The molecular formula is C17H16N2O4. The summed E-state index contributed by atoms with van der Waals surface area (Å²) in [5.74, 6) is -0.292. The van der Waals surface area contributed by atoms with Gasteiger partial charge < -0.3 is 9.73 Å². The minimum absolute atomic E-state index is 0.0521. The Labute approximate surface area is 133 Å². The molecule has 118 valence electrons. The third kappa shape index (κ3) is 2.88. The number of furan rings is 1. The summed E-state index contributed by atoms with van der Waals surface area (Å²) < 4.78 is 5.22. The van der Waals surface area contributed by atoms with E-state index in [1.54, 1.807) is 43.3 Å². The first-order valence-corrected chi connectivity index (χ1v) is 7.36.